The Labute approximate surface area is 91.4 Å². The van der Waals surface area contributed by atoms with Gasteiger partial charge >= 0.3 is 0 Å². The van der Waals surface area contributed by atoms with E-state index >= 15 is 0 Å². The molecule has 1 aromatic heterocycles. The molecule has 1 saturated heterocycles. The van der Waals surface area contributed by atoms with Crippen LogP contribution < -0.4 is 5.32 Å². The minimum Gasteiger partial charge on any atom is -0.341 e. The van der Waals surface area contributed by atoms with Crippen molar-refractivity contribution in [2.24, 2.45) is 0 Å². The number of H-pyrrole nitrogens is 1. The number of nitrogens with zero attached hydrogens (tertiary/aromatic N) is 4. The van der Waals surface area contributed by atoms with Gasteiger partial charge in [-0.25, -0.2) is 0 Å². The Kier molecular flexibility index (Phi) is 3.08. The largest absolute Gasteiger partial charge is 0.341 e. The van der Waals surface area contributed by atoms with Crippen LogP contribution in [0.25, 0.3) is 0 Å². The van der Waals surface area contributed by atoms with Gasteiger partial charge in [0.2, 0.25) is 5.91 Å². The highest BCUT2D eigenvalue weighted by Crippen LogP contribution is 2.06. The predicted molar refractivity (Wildman–Crippen MR) is 52.3 cm³/mol. The van der Waals surface area contributed by atoms with Crippen LogP contribution in [0.3, 0.4) is 0 Å². The van der Waals surface area contributed by atoms with Gasteiger partial charge in [-0.2, -0.15) is 5.21 Å². The molecule has 2 rings (SSSR count). The molecule has 2 amide bonds. The summed E-state index contributed by atoms with van der Waals surface area (Å²) in [6.07, 6.45) is 2.06. The fourth-order valence-electron chi connectivity index (χ4n) is 1.57. The van der Waals surface area contributed by atoms with Crippen molar-refractivity contribution in [2.75, 3.05) is 19.6 Å². The van der Waals surface area contributed by atoms with Gasteiger partial charge in [0.15, 0.2) is 0 Å². The fourth-order valence-corrected chi connectivity index (χ4v) is 1.57. The molecule has 86 valence electrons. The van der Waals surface area contributed by atoms with E-state index in [0.717, 1.165) is 25.9 Å². The minimum atomic E-state index is -0.499. The van der Waals surface area contributed by atoms with Gasteiger partial charge in [-0.3, -0.25) is 9.59 Å². The van der Waals surface area contributed by atoms with Crippen molar-refractivity contribution < 1.29 is 9.59 Å². The summed E-state index contributed by atoms with van der Waals surface area (Å²) in [4.78, 5) is 24.7. The number of carbonyl (C=O) groups is 2. The monoisotopic (exact) mass is 224 g/mol. The minimum absolute atomic E-state index is 0.0205. The number of carbonyl (C=O) groups excluding carboxylic acids is 2. The summed E-state index contributed by atoms with van der Waals surface area (Å²) in [5.41, 5.74) is 0. The first-order chi connectivity index (χ1) is 7.77. The van der Waals surface area contributed by atoms with Crippen molar-refractivity contribution in [1.29, 1.82) is 0 Å². The molecule has 0 aromatic carbocycles. The topological polar surface area (TPSA) is 104 Å². The number of hydrogen-bond donors (Lipinski definition) is 2. The summed E-state index contributed by atoms with van der Waals surface area (Å²) in [6.45, 7) is 1.53. The molecule has 16 heavy (non-hydrogen) atoms. The van der Waals surface area contributed by atoms with Gasteiger partial charge in [0.1, 0.15) is 0 Å². The van der Waals surface area contributed by atoms with E-state index in [4.69, 9.17) is 0 Å². The van der Waals surface area contributed by atoms with Crippen LogP contribution in [0.1, 0.15) is 23.5 Å². The van der Waals surface area contributed by atoms with Gasteiger partial charge in [-0.15, -0.1) is 10.2 Å². The van der Waals surface area contributed by atoms with Gasteiger partial charge in [0.25, 0.3) is 11.7 Å². The van der Waals surface area contributed by atoms with Crippen molar-refractivity contribution in [2.45, 2.75) is 12.8 Å². The van der Waals surface area contributed by atoms with E-state index in [2.05, 4.69) is 25.9 Å². The summed E-state index contributed by atoms with van der Waals surface area (Å²) in [6, 6.07) is 0. The summed E-state index contributed by atoms with van der Waals surface area (Å²) in [7, 11) is 0. The smallest absolute Gasteiger partial charge is 0.293 e. The van der Waals surface area contributed by atoms with Gasteiger partial charge in [-0.1, -0.05) is 0 Å². The molecule has 1 aromatic rings. The maximum absolute atomic E-state index is 11.6. The molecule has 0 spiro atoms. The van der Waals surface area contributed by atoms with Gasteiger partial charge in [0, 0.05) is 13.1 Å². The number of nitrogens with one attached hydrogen (secondary N) is 2. The van der Waals surface area contributed by atoms with E-state index in [9.17, 15) is 9.59 Å². The SMILES string of the molecule is O=C(NCC(=O)N1CCCC1)c1nn[nH]n1. The van der Waals surface area contributed by atoms with E-state index in [1.165, 1.54) is 0 Å². The number of likely N-dealkylation sites (tertiary alicyclic amines) is 1. The number of amides is 2. The molecule has 8 heteroatoms. The van der Waals surface area contributed by atoms with Crippen molar-refractivity contribution in [3.05, 3.63) is 5.82 Å². The highest BCUT2D eigenvalue weighted by Gasteiger charge is 2.19. The highest BCUT2D eigenvalue weighted by molar-refractivity contribution is 5.93. The molecule has 1 aliphatic rings. The second-order valence-corrected chi connectivity index (χ2v) is 3.51. The molecule has 1 fully saturated rings. The molecule has 2 heterocycles. The lowest BCUT2D eigenvalue weighted by molar-refractivity contribution is -0.129. The Bertz CT molecular complexity index is 370. The molecule has 0 aliphatic carbocycles. The lowest BCUT2D eigenvalue weighted by atomic mass is 10.4. The quantitative estimate of drug-likeness (QED) is 0.653. The molecule has 0 atom stereocenters. The highest BCUT2D eigenvalue weighted by atomic mass is 16.2. The van der Waals surface area contributed by atoms with Crippen LogP contribution in [0.4, 0.5) is 0 Å². The van der Waals surface area contributed by atoms with Crippen molar-refractivity contribution in [1.82, 2.24) is 30.8 Å². The van der Waals surface area contributed by atoms with Crippen LogP contribution in [0.15, 0.2) is 0 Å². The standard InChI is InChI=1S/C8H12N6O2/c15-6(14-3-1-2-4-14)5-9-8(16)7-10-12-13-11-7/h1-5H2,(H,9,16)(H,10,11,12,13). The molecule has 0 saturated carbocycles. The van der Waals surface area contributed by atoms with E-state index in [0.29, 0.717) is 0 Å². The zero-order chi connectivity index (χ0) is 11.4. The average Bonchev–Trinajstić information content (AvgIpc) is 2.95. The number of tetrazole rings is 1. The summed E-state index contributed by atoms with van der Waals surface area (Å²) in [5, 5.41) is 14.9. The van der Waals surface area contributed by atoms with Gasteiger partial charge in [-0.05, 0) is 18.1 Å². The van der Waals surface area contributed by atoms with Crippen molar-refractivity contribution >= 4 is 11.8 Å². The van der Waals surface area contributed by atoms with E-state index in [-0.39, 0.29) is 18.3 Å². The Morgan fingerprint density at radius 3 is 2.75 bits per heavy atom. The summed E-state index contributed by atoms with van der Waals surface area (Å²) in [5.74, 6) is -0.634. The van der Waals surface area contributed by atoms with Crippen LogP contribution in [-0.2, 0) is 4.79 Å². The normalized spacial score (nSPS) is 15.1. The maximum atomic E-state index is 11.6. The Morgan fingerprint density at radius 2 is 2.12 bits per heavy atom. The van der Waals surface area contributed by atoms with E-state index < -0.39 is 5.91 Å². The van der Waals surface area contributed by atoms with E-state index in [1.54, 1.807) is 4.90 Å². The molecular formula is C8H12N6O2. The van der Waals surface area contributed by atoms with Crippen molar-refractivity contribution in [3.63, 3.8) is 0 Å². The van der Waals surface area contributed by atoms with Gasteiger partial charge < -0.3 is 10.2 Å². The lowest BCUT2D eigenvalue weighted by Crippen LogP contribution is -2.38. The molecule has 0 bridgehead atoms. The first kappa shape index (κ1) is 10.5. The first-order valence-corrected chi connectivity index (χ1v) is 5.07. The molecule has 2 N–H and O–H groups in total. The molecular weight excluding hydrogens is 212 g/mol. The number of aromatic amines is 1. The zero-order valence-corrected chi connectivity index (χ0v) is 8.64. The average molecular weight is 224 g/mol. The van der Waals surface area contributed by atoms with Crippen LogP contribution in [0.2, 0.25) is 0 Å². The van der Waals surface area contributed by atoms with Crippen molar-refractivity contribution in [3.8, 4) is 0 Å². The van der Waals surface area contributed by atoms with Crippen LogP contribution in [0, 0.1) is 0 Å². The predicted octanol–water partition coefficient (Wildman–Crippen LogP) is -1.45. The van der Waals surface area contributed by atoms with E-state index in [1.807, 2.05) is 0 Å². The Hall–Kier alpha value is -1.99. The third-order valence-electron chi connectivity index (χ3n) is 2.41. The van der Waals surface area contributed by atoms with Crippen LogP contribution in [0.5, 0.6) is 0 Å². The second kappa shape index (κ2) is 4.69. The molecule has 0 radical (unpaired) electrons. The molecule has 8 nitrogen and oxygen atoms in total. The molecule has 0 unspecified atom stereocenters. The van der Waals surface area contributed by atoms with Crippen LogP contribution >= 0.6 is 0 Å². The third-order valence-corrected chi connectivity index (χ3v) is 2.41. The number of rotatable bonds is 3. The lowest BCUT2D eigenvalue weighted by Gasteiger charge is -2.14. The summed E-state index contributed by atoms with van der Waals surface area (Å²) >= 11 is 0. The van der Waals surface area contributed by atoms with Gasteiger partial charge in [0.05, 0.1) is 6.54 Å². The second-order valence-electron chi connectivity index (χ2n) is 3.51. The third kappa shape index (κ3) is 2.33. The van der Waals surface area contributed by atoms with Crippen LogP contribution in [-0.4, -0.2) is 57.0 Å². The fraction of sp³-hybridized carbons (Fsp3) is 0.625. The number of hydrogen-bond acceptors (Lipinski definition) is 5. The summed E-state index contributed by atoms with van der Waals surface area (Å²) < 4.78 is 0. The Morgan fingerprint density at radius 1 is 1.38 bits per heavy atom. The maximum Gasteiger partial charge on any atom is 0.293 e. The number of aromatic nitrogens is 4. The zero-order valence-electron chi connectivity index (χ0n) is 8.64. The first-order valence-electron chi connectivity index (χ1n) is 5.07. The Balaban J connectivity index is 1.79. The molecule has 1 aliphatic heterocycles.